The number of benzene rings is 1. The van der Waals surface area contributed by atoms with E-state index in [0.29, 0.717) is 17.9 Å². The maximum Gasteiger partial charge on any atom is 0.264 e. The molecule has 20 heavy (non-hydrogen) atoms. The fourth-order valence-electron chi connectivity index (χ4n) is 1.65. The highest BCUT2D eigenvalue weighted by Gasteiger charge is 2.23. The van der Waals surface area contributed by atoms with E-state index in [1.165, 1.54) is 26.2 Å². The minimum atomic E-state index is -3.91. The van der Waals surface area contributed by atoms with E-state index in [2.05, 4.69) is 0 Å². The van der Waals surface area contributed by atoms with Crippen LogP contribution in [0.3, 0.4) is 0 Å². The third-order valence-corrected chi connectivity index (χ3v) is 4.20. The van der Waals surface area contributed by atoms with E-state index in [0.717, 1.165) is 0 Å². The molecule has 1 amide bonds. The SMILES string of the molecule is CCOC(C)C(=O)NS(=O)(=O)c1ccc(OC)cc1C. The lowest BCUT2D eigenvalue weighted by atomic mass is 10.2. The van der Waals surface area contributed by atoms with Crippen LogP contribution in [0.2, 0.25) is 0 Å². The maximum absolute atomic E-state index is 12.1. The summed E-state index contributed by atoms with van der Waals surface area (Å²) in [5.41, 5.74) is 0.494. The van der Waals surface area contributed by atoms with Crippen LogP contribution in [0.4, 0.5) is 0 Å². The molecule has 1 aromatic carbocycles. The minimum absolute atomic E-state index is 0.0374. The average Bonchev–Trinajstić information content (AvgIpc) is 2.37. The van der Waals surface area contributed by atoms with Gasteiger partial charge in [-0.15, -0.1) is 0 Å². The summed E-state index contributed by atoms with van der Waals surface area (Å²) in [4.78, 5) is 11.8. The number of carbonyl (C=O) groups is 1. The minimum Gasteiger partial charge on any atom is -0.497 e. The van der Waals surface area contributed by atoms with Gasteiger partial charge >= 0.3 is 0 Å². The predicted octanol–water partition coefficient (Wildman–Crippen LogP) is 1.23. The van der Waals surface area contributed by atoms with Gasteiger partial charge in [0.05, 0.1) is 12.0 Å². The summed E-state index contributed by atoms with van der Waals surface area (Å²) in [6.45, 7) is 5.19. The summed E-state index contributed by atoms with van der Waals surface area (Å²) in [5, 5.41) is 0. The van der Waals surface area contributed by atoms with Crippen molar-refractivity contribution >= 4 is 15.9 Å². The number of rotatable bonds is 6. The third-order valence-electron chi connectivity index (χ3n) is 2.69. The molecule has 6 nitrogen and oxygen atoms in total. The highest BCUT2D eigenvalue weighted by molar-refractivity contribution is 7.90. The van der Waals surface area contributed by atoms with Crippen LogP contribution in [-0.2, 0) is 19.6 Å². The molecule has 1 unspecified atom stereocenters. The Bertz CT molecular complexity index is 582. The molecule has 0 bridgehead atoms. The Hall–Kier alpha value is -1.60. The van der Waals surface area contributed by atoms with Crippen LogP contribution in [0, 0.1) is 6.92 Å². The third kappa shape index (κ3) is 3.94. The van der Waals surface area contributed by atoms with Gasteiger partial charge < -0.3 is 9.47 Å². The Morgan fingerprint density at radius 1 is 1.40 bits per heavy atom. The Balaban J connectivity index is 2.97. The van der Waals surface area contributed by atoms with E-state index in [1.54, 1.807) is 19.9 Å². The average molecular weight is 301 g/mol. The van der Waals surface area contributed by atoms with Crippen molar-refractivity contribution in [2.75, 3.05) is 13.7 Å². The van der Waals surface area contributed by atoms with Gasteiger partial charge in [-0.3, -0.25) is 4.79 Å². The first kappa shape index (κ1) is 16.5. The Labute approximate surface area is 119 Å². The highest BCUT2D eigenvalue weighted by atomic mass is 32.2. The zero-order valence-electron chi connectivity index (χ0n) is 12.0. The van der Waals surface area contributed by atoms with Crippen molar-refractivity contribution in [1.29, 1.82) is 0 Å². The second kappa shape index (κ2) is 6.71. The molecule has 112 valence electrons. The Morgan fingerprint density at radius 3 is 2.55 bits per heavy atom. The van der Waals surface area contributed by atoms with Gasteiger partial charge in [-0.25, -0.2) is 13.1 Å². The molecule has 0 aliphatic heterocycles. The van der Waals surface area contributed by atoms with Gasteiger partial charge in [0.25, 0.3) is 15.9 Å². The highest BCUT2D eigenvalue weighted by Crippen LogP contribution is 2.20. The van der Waals surface area contributed by atoms with Gasteiger partial charge in [0.2, 0.25) is 0 Å². The topological polar surface area (TPSA) is 81.7 Å². The fraction of sp³-hybridized carbons (Fsp3) is 0.462. The van der Waals surface area contributed by atoms with Gasteiger partial charge in [0, 0.05) is 6.61 Å². The molecule has 0 aromatic heterocycles. The number of hydrogen-bond acceptors (Lipinski definition) is 5. The monoisotopic (exact) mass is 301 g/mol. The first-order valence-corrected chi connectivity index (χ1v) is 7.63. The maximum atomic E-state index is 12.1. The number of amides is 1. The molecule has 0 heterocycles. The molecule has 1 rings (SSSR count). The quantitative estimate of drug-likeness (QED) is 0.854. The molecule has 7 heteroatoms. The molecule has 0 saturated heterocycles. The molecule has 0 radical (unpaired) electrons. The molecule has 0 fully saturated rings. The lowest BCUT2D eigenvalue weighted by Gasteiger charge is -2.14. The number of methoxy groups -OCH3 is 1. The van der Waals surface area contributed by atoms with Crippen molar-refractivity contribution in [2.45, 2.75) is 31.8 Å². The molecule has 0 saturated carbocycles. The zero-order valence-corrected chi connectivity index (χ0v) is 12.8. The van der Waals surface area contributed by atoms with Crippen molar-refractivity contribution in [3.05, 3.63) is 23.8 Å². The molecule has 0 aliphatic rings. The zero-order chi connectivity index (χ0) is 15.3. The smallest absolute Gasteiger partial charge is 0.264 e. The van der Waals surface area contributed by atoms with E-state index in [4.69, 9.17) is 9.47 Å². The van der Waals surface area contributed by atoms with Crippen molar-refractivity contribution in [3.8, 4) is 5.75 Å². The van der Waals surface area contributed by atoms with Gasteiger partial charge in [0.15, 0.2) is 0 Å². The first-order chi connectivity index (χ1) is 9.31. The van der Waals surface area contributed by atoms with Crippen LogP contribution in [0.25, 0.3) is 0 Å². The van der Waals surface area contributed by atoms with Crippen LogP contribution < -0.4 is 9.46 Å². The van der Waals surface area contributed by atoms with Gasteiger partial charge in [-0.1, -0.05) is 0 Å². The lowest BCUT2D eigenvalue weighted by Crippen LogP contribution is -2.38. The summed E-state index contributed by atoms with van der Waals surface area (Å²) in [6, 6.07) is 4.51. The standard InChI is InChI=1S/C13H19NO5S/c1-5-19-10(3)13(15)14-20(16,17)12-7-6-11(18-4)8-9(12)2/h6-8,10H,5H2,1-4H3,(H,14,15). The second-order valence-electron chi connectivity index (χ2n) is 4.20. The summed E-state index contributed by atoms with van der Waals surface area (Å²) in [6.07, 6.45) is -0.826. The van der Waals surface area contributed by atoms with Crippen molar-refractivity contribution < 1.29 is 22.7 Å². The van der Waals surface area contributed by atoms with E-state index >= 15 is 0 Å². The van der Waals surface area contributed by atoms with Crippen molar-refractivity contribution in [2.24, 2.45) is 0 Å². The van der Waals surface area contributed by atoms with Crippen LogP contribution in [-0.4, -0.2) is 34.1 Å². The number of ether oxygens (including phenoxy) is 2. The molecule has 0 spiro atoms. The van der Waals surface area contributed by atoms with E-state index in [9.17, 15) is 13.2 Å². The number of nitrogens with one attached hydrogen (secondary N) is 1. The van der Waals surface area contributed by atoms with Gasteiger partial charge in [0.1, 0.15) is 11.9 Å². The number of aryl methyl sites for hydroxylation is 1. The number of hydrogen-bond donors (Lipinski definition) is 1. The van der Waals surface area contributed by atoms with Crippen LogP contribution in [0.15, 0.2) is 23.1 Å². The summed E-state index contributed by atoms with van der Waals surface area (Å²) in [5.74, 6) is -0.141. The van der Waals surface area contributed by atoms with E-state index in [1.807, 2.05) is 4.72 Å². The second-order valence-corrected chi connectivity index (χ2v) is 5.85. The summed E-state index contributed by atoms with van der Waals surface area (Å²) < 4.78 is 36.4. The number of sulfonamides is 1. The predicted molar refractivity (Wildman–Crippen MR) is 74.1 cm³/mol. The van der Waals surface area contributed by atoms with E-state index < -0.39 is 22.0 Å². The molecule has 1 atom stereocenters. The van der Waals surface area contributed by atoms with E-state index in [-0.39, 0.29) is 4.90 Å². The van der Waals surface area contributed by atoms with Crippen molar-refractivity contribution in [1.82, 2.24) is 4.72 Å². The first-order valence-electron chi connectivity index (χ1n) is 6.14. The number of carbonyl (C=O) groups excluding carboxylic acids is 1. The van der Waals surface area contributed by atoms with Crippen LogP contribution >= 0.6 is 0 Å². The normalized spacial score (nSPS) is 12.8. The molecule has 1 N–H and O–H groups in total. The molecule has 0 aliphatic carbocycles. The van der Waals surface area contributed by atoms with Gasteiger partial charge in [-0.05, 0) is 44.5 Å². The Kier molecular flexibility index (Phi) is 5.52. The summed E-state index contributed by atoms with van der Waals surface area (Å²) in [7, 11) is -2.42. The molecular formula is C13H19NO5S. The largest absolute Gasteiger partial charge is 0.497 e. The molecular weight excluding hydrogens is 282 g/mol. The summed E-state index contributed by atoms with van der Waals surface area (Å²) >= 11 is 0. The lowest BCUT2D eigenvalue weighted by molar-refractivity contribution is -0.129. The van der Waals surface area contributed by atoms with Crippen LogP contribution in [0.1, 0.15) is 19.4 Å². The van der Waals surface area contributed by atoms with Crippen LogP contribution in [0.5, 0.6) is 5.75 Å². The van der Waals surface area contributed by atoms with Gasteiger partial charge in [-0.2, -0.15) is 0 Å². The molecule has 1 aromatic rings. The van der Waals surface area contributed by atoms with Crippen molar-refractivity contribution in [3.63, 3.8) is 0 Å². The Morgan fingerprint density at radius 2 is 2.05 bits per heavy atom. The fourth-order valence-corrected chi connectivity index (χ4v) is 2.92.